The smallest absolute Gasteiger partial charge is 0.0545 e. The minimum atomic E-state index is 0.305. The van der Waals surface area contributed by atoms with Crippen LogP contribution in [0.25, 0.3) is 0 Å². The van der Waals surface area contributed by atoms with Crippen molar-refractivity contribution in [1.82, 2.24) is 14.7 Å². The largest absolute Gasteiger partial charge is 0.380 e. The topological polar surface area (TPSA) is 19.0 Å². The highest BCUT2D eigenvalue weighted by Gasteiger charge is 2.48. The van der Waals surface area contributed by atoms with Gasteiger partial charge in [0.1, 0.15) is 0 Å². The molecule has 4 heteroatoms. The maximum Gasteiger partial charge on any atom is 0.0545 e. The average Bonchev–Trinajstić information content (AvgIpc) is 3.63. The normalized spacial score (nSPS) is 31.2. The zero-order valence-electron chi connectivity index (χ0n) is 26.0. The molecule has 0 amide bonds. The van der Waals surface area contributed by atoms with Gasteiger partial charge < -0.3 is 4.74 Å². The standard InChI is InChI=1S/C34H61N3O/c1-29(2,35-21-15-32(16-22-35)7-6-8-32)9-11-31(5,37-25-19-34(20-26-37)27-38-28-34)12-10-30(3,4)36-23-17-33(13-14-33)18-24-36/h6-28H2,1-5H3. The van der Waals surface area contributed by atoms with Crippen molar-refractivity contribution in [2.75, 3.05) is 52.5 Å². The van der Waals surface area contributed by atoms with Gasteiger partial charge in [-0.05, 0) is 175 Å². The van der Waals surface area contributed by atoms with Crippen molar-refractivity contribution < 1.29 is 4.74 Å². The number of nitrogens with zero attached hydrogens (tertiary/aromatic N) is 3. The van der Waals surface area contributed by atoms with Gasteiger partial charge in [0, 0.05) is 22.0 Å². The molecule has 1 atom stereocenters. The molecule has 2 saturated carbocycles. The maximum atomic E-state index is 5.67. The lowest BCUT2D eigenvalue weighted by Gasteiger charge is -2.54. The van der Waals surface area contributed by atoms with Crippen LogP contribution in [0, 0.1) is 16.2 Å². The lowest BCUT2D eigenvalue weighted by atomic mass is 9.63. The molecule has 4 aliphatic heterocycles. The Labute approximate surface area is 235 Å². The molecule has 218 valence electrons. The fourth-order valence-electron chi connectivity index (χ4n) is 9.13. The monoisotopic (exact) mass is 527 g/mol. The first-order chi connectivity index (χ1) is 18.0. The summed E-state index contributed by atoms with van der Waals surface area (Å²) in [6, 6.07) is 0. The molecule has 0 N–H and O–H groups in total. The molecule has 6 rings (SSSR count). The summed E-state index contributed by atoms with van der Waals surface area (Å²) in [4.78, 5) is 8.68. The molecule has 0 aromatic heterocycles. The van der Waals surface area contributed by atoms with Crippen LogP contribution in [0.4, 0.5) is 0 Å². The summed E-state index contributed by atoms with van der Waals surface area (Å²) in [5, 5.41) is 0. The van der Waals surface area contributed by atoms with Crippen LogP contribution in [0.1, 0.15) is 131 Å². The SMILES string of the molecule is CC(C)(CCC(C)(CCC(C)(C)N1CCC2(CC1)CC2)N1CCC2(CC1)COC2)N1CCC2(CCC2)CC1. The van der Waals surface area contributed by atoms with Crippen LogP contribution in [-0.4, -0.2) is 83.8 Å². The van der Waals surface area contributed by atoms with Gasteiger partial charge in [0.25, 0.3) is 0 Å². The van der Waals surface area contributed by atoms with Gasteiger partial charge >= 0.3 is 0 Å². The van der Waals surface area contributed by atoms with E-state index in [1.807, 2.05) is 0 Å². The first-order valence-electron chi connectivity index (χ1n) is 16.8. The summed E-state index contributed by atoms with van der Waals surface area (Å²) < 4.78 is 5.67. The Morgan fingerprint density at radius 3 is 1.21 bits per heavy atom. The summed E-state index contributed by atoms with van der Waals surface area (Å²) >= 11 is 0. The van der Waals surface area contributed by atoms with Gasteiger partial charge in [0.05, 0.1) is 13.2 Å². The van der Waals surface area contributed by atoms with E-state index in [1.54, 1.807) is 0 Å². The predicted molar refractivity (Wildman–Crippen MR) is 159 cm³/mol. The van der Waals surface area contributed by atoms with E-state index in [-0.39, 0.29) is 0 Å². The minimum Gasteiger partial charge on any atom is -0.380 e. The summed E-state index contributed by atoms with van der Waals surface area (Å²) in [6.45, 7) is 22.8. The molecule has 6 fully saturated rings. The summed E-state index contributed by atoms with van der Waals surface area (Å²) in [7, 11) is 0. The summed E-state index contributed by atoms with van der Waals surface area (Å²) in [6.07, 6.45) is 21.4. The van der Waals surface area contributed by atoms with Crippen molar-refractivity contribution in [2.45, 2.75) is 148 Å². The van der Waals surface area contributed by atoms with Crippen LogP contribution in [-0.2, 0) is 4.74 Å². The van der Waals surface area contributed by atoms with Gasteiger partial charge in [0.2, 0.25) is 0 Å². The molecule has 1 unspecified atom stereocenters. The fourth-order valence-corrected chi connectivity index (χ4v) is 9.13. The molecule has 6 aliphatic rings. The second-order valence-corrected chi connectivity index (χ2v) is 16.9. The number of rotatable bonds is 9. The molecule has 0 bridgehead atoms. The molecule has 4 nitrogen and oxygen atoms in total. The number of likely N-dealkylation sites (tertiary alicyclic amines) is 3. The quantitative estimate of drug-likeness (QED) is 0.318. The second-order valence-electron chi connectivity index (χ2n) is 16.9. The van der Waals surface area contributed by atoms with E-state index in [2.05, 4.69) is 49.3 Å². The Balaban J connectivity index is 1.09. The molecule has 38 heavy (non-hydrogen) atoms. The molecule has 0 radical (unpaired) electrons. The van der Waals surface area contributed by atoms with Gasteiger partial charge in [0.15, 0.2) is 0 Å². The van der Waals surface area contributed by atoms with Crippen molar-refractivity contribution >= 4 is 0 Å². The van der Waals surface area contributed by atoms with E-state index in [9.17, 15) is 0 Å². The molecule has 2 aliphatic carbocycles. The van der Waals surface area contributed by atoms with Gasteiger partial charge in [-0.15, -0.1) is 0 Å². The number of piperidine rings is 3. The van der Waals surface area contributed by atoms with E-state index in [1.165, 1.54) is 136 Å². The van der Waals surface area contributed by atoms with Crippen LogP contribution in [0.2, 0.25) is 0 Å². The summed E-state index contributed by atoms with van der Waals surface area (Å²) in [5.74, 6) is 0. The highest BCUT2D eigenvalue weighted by atomic mass is 16.5. The van der Waals surface area contributed by atoms with Crippen molar-refractivity contribution in [3.05, 3.63) is 0 Å². The maximum absolute atomic E-state index is 5.67. The Morgan fingerprint density at radius 1 is 0.474 bits per heavy atom. The van der Waals surface area contributed by atoms with Gasteiger partial charge in [-0.2, -0.15) is 0 Å². The lowest BCUT2D eigenvalue weighted by Crippen LogP contribution is -2.58. The zero-order chi connectivity index (χ0) is 26.7. The number of hydrogen-bond acceptors (Lipinski definition) is 4. The van der Waals surface area contributed by atoms with E-state index < -0.39 is 0 Å². The van der Waals surface area contributed by atoms with Gasteiger partial charge in [-0.3, -0.25) is 14.7 Å². The van der Waals surface area contributed by atoms with E-state index in [4.69, 9.17) is 4.74 Å². The van der Waals surface area contributed by atoms with Crippen LogP contribution in [0.15, 0.2) is 0 Å². The van der Waals surface area contributed by atoms with Crippen LogP contribution < -0.4 is 0 Å². The third kappa shape index (κ3) is 5.51. The fraction of sp³-hybridized carbons (Fsp3) is 1.00. The van der Waals surface area contributed by atoms with Gasteiger partial charge in [-0.25, -0.2) is 0 Å². The van der Waals surface area contributed by atoms with Crippen molar-refractivity contribution in [3.8, 4) is 0 Å². The van der Waals surface area contributed by atoms with Crippen molar-refractivity contribution in [1.29, 1.82) is 0 Å². The van der Waals surface area contributed by atoms with Crippen LogP contribution in [0.5, 0.6) is 0 Å². The number of hydrogen-bond donors (Lipinski definition) is 0. The highest BCUT2D eigenvalue weighted by molar-refractivity contribution is 5.02. The molecule has 0 aromatic carbocycles. The number of ether oxygens (including phenoxy) is 1. The minimum absolute atomic E-state index is 0.305. The van der Waals surface area contributed by atoms with Crippen molar-refractivity contribution in [3.63, 3.8) is 0 Å². The summed E-state index contributed by atoms with van der Waals surface area (Å²) in [5.41, 5.74) is 2.97. The van der Waals surface area contributed by atoms with Crippen LogP contribution in [0.3, 0.4) is 0 Å². The molecule has 4 saturated heterocycles. The third-order valence-electron chi connectivity index (χ3n) is 13.7. The molecule has 0 aromatic rings. The van der Waals surface area contributed by atoms with Crippen molar-refractivity contribution in [2.24, 2.45) is 16.2 Å². The average molecular weight is 528 g/mol. The first-order valence-corrected chi connectivity index (χ1v) is 16.8. The third-order valence-corrected chi connectivity index (χ3v) is 13.7. The Morgan fingerprint density at radius 2 is 0.868 bits per heavy atom. The Hall–Kier alpha value is -0.160. The lowest BCUT2D eigenvalue weighted by molar-refractivity contribution is -0.149. The molecular formula is C34H61N3O. The highest BCUT2D eigenvalue weighted by Crippen LogP contribution is 2.54. The second kappa shape index (κ2) is 9.99. The first kappa shape index (κ1) is 28.0. The Kier molecular flexibility index (Phi) is 7.35. The molecule has 3 spiro atoms. The predicted octanol–water partition coefficient (Wildman–Crippen LogP) is 7.12. The van der Waals surface area contributed by atoms with E-state index >= 15 is 0 Å². The van der Waals surface area contributed by atoms with Gasteiger partial charge in [-0.1, -0.05) is 6.42 Å². The molecule has 4 heterocycles. The van der Waals surface area contributed by atoms with E-state index in [0.29, 0.717) is 22.0 Å². The Bertz CT molecular complexity index is 809. The van der Waals surface area contributed by atoms with E-state index in [0.717, 1.165) is 24.0 Å². The zero-order valence-corrected chi connectivity index (χ0v) is 26.0. The molecular weight excluding hydrogens is 466 g/mol. The van der Waals surface area contributed by atoms with Crippen LogP contribution >= 0.6 is 0 Å².